The number of hydrogen-bond acceptors (Lipinski definition) is 3. The zero-order valence-corrected chi connectivity index (χ0v) is 16.0. The van der Waals surface area contributed by atoms with Gasteiger partial charge >= 0.3 is 0 Å². The third-order valence-corrected chi connectivity index (χ3v) is 4.45. The number of anilines is 1. The van der Waals surface area contributed by atoms with Crippen molar-refractivity contribution in [3.05, 3.63) is 65.7 Å². The zero-order chi connectivity index (χ0) is 18.8. The highest BCUT2D eigenvalue weighted by atomic mass is 16.5. The highest BCUT2D eigenvalue weighted by molar-refractivity contribution is 5.93. The van der Waals surface area contributed by atoms with Gasteiger partial charge in [-0.1, -0.05) is 62.4 Å². The quantitative estimate of drug-likeness (QED) is 0.533. The van der Waals surface area contributed by atoms with Crippen LogP contribution >= 0.6 is 0 Å². The predicted molar refractivity (Wildman–Crippen MR) is 109 cm³/mol. The number of para-hydroxylation sites is 1. The Bertz CT molecular complexity index is 683. The van der Waals surface area contributed by atoms with E-state index in [2.05, 4.69) is 53.3 Å². The molecule has 3 N–H and O–H groups in total. The minimum atomic E-state index is 0.209. The number of rotatable bonds is 9. The molecule has 0 fully saturated rings. The van der Waals surface area contributed by atoms with Crippen molar-refractivity contribution >= 4 is 11.6 Å². The first-order chi connectivity index (χ1) is 12.7. The molecule has 5 heteroatoms. The summed E-state index contributed by atoms with van der Waals surface area (Å²) in [4.78, 5) is 7.01. The number of aliphatic imine (C=N–C) groups is 1. The van der Waals surface area contributed by atoms with E-state index in [1.54, 1.807) is 7.11 Å². The highest BCUT2D eigenvalue weighted by Crippen LogP contribution is 2.21. The average molecular weight is 354 g/mol. The fourth-order valence-corrected chi connectivity index (χ4v) is 3.06. The standard InChI is InChI=1S/C21H30N4O/c1-4-25(5-2)20(17-11-7-6-8-12-17)15-23-21(22)24-19-14-10-9-13-18(19)16-26-3/h6-14,20H,4-5,15-16H2,1-3H3,(H3,22,23,24). The Balaban J connectivity index is 2.13. The fourth-order valence-electron chi connectivity index (χ4n) is 3.06. The summed E-state index contributed by atoms with van der Waals surface area (Å²) in [6.45, 7) is 7.42. The van der Waals surface area contributed by atoms with Crippen LogP contribution in [0.4, 0.5) is 5.69 Å². The molecule has 2 aromatic rings. The molecule has 0 saturated heterocycles. The van der Waals surface area contributed by atoms with Gasteiger partial charge in [-0.05, 0) is 24.7 Å². The minimum absolute atomic E-state index is 0.209. The van der Waals surface area contributed by atoms with Gasteiger partial charge in [0.15, 0.2) is 5.96 Å². The summed E-state index contributed by atoms with van der Waals surface area (Å²) in [6, 6.07) is 18.6. The first-order valence-electron chi connectivity index (χ1n) is 9.12. The third-order valence-electron chi connectivity index (χ3n) is 4.45. The first-order valence-corrected chi connectivity index (χ1v) is 9.12. The van der Waals surface area contributed by atoms with Gasteiger partial charge < -0.3 is 15.8 Å². The Labute approximate surface area is 156 Å². The summed E-state index contributed by atoms with van der Waals surface area (Å²) in [5, 5.41) is 3.21. The van der Waals surface area contributed by atoms with E-state index in [1.807, 2.05) is 30.3 Å². The first kappa shape index (κ1) is 19.9. The monoisotopic (exact) mass is 354 g/mol. The van der Waals surface area contributed by atoms with Crippen molar-refractivity contribution in [3.8, 4) is 0 Å². The van der Waals surface area contributed by atoms with Crippen molar-refractivity contribution in [3.63, 3.8) is 0 Å². The van der Waals surface area contributed by atoms with Crippen LogP contribution < -0.4 is 11.1 Å². The maximum absolute atomic E-state index is 6.16. The molecule has 140 valence electrons. The second-order valence-corrected chi connectivity index (χ2v) is 6.09. The summed E-state index contributed by atoms with van der Waals surface area (Å²) in [7, 11) is 1.68. The van der Waals surface area contributed by atoms with Gasteiger partial charge in [-0.3, -0.25) is 9.89 Å². The minimum Gasteiger partial charge on any atom is -0.380 e. The van der Waals surface area contributed by atoms with Crippen molar-refractivity contribution < 1.29 is 4.74 Å². The molecule has 0 radical (unpaired) electrons. The molecule has 0 aliphatic heterocycles. The highest BCUT2D eigenvalue weighted by Gasteiger charge is 2.17. The van der Waals surface area contributed by atoms with E-state index in [0.29, 0.717) is 19.1 Å². The maximum atomic E-state index is 6.16. The SMILES string of the molecule is CCN(CC)C(CN=C(N)Nc1ccccc1COC)c1ccccc1. The molecule has 0 heterocycles. The van der Waals surface area contributed by atoms with Crippen LogP contribution in [0.5, 0.6) is 0 Å². The number of likely N-dealkylation sites (N-methyl/N-ethyl adjacent to an activating group) is 1. The van der Waals surface area contributed by atoms with Gasteiger partial charge in [-0.2, -0.15) is 0 Å². The number of guanidine groups is 1. The second kappa shape index (κ2) is 10.6. The van der Waals surface area contributed by atoms with Gasteiger partial charge in [-0.25, -0.2) is 0 Å². The number of nitrogens with zero attached hydrogens (tertiary/aromatic N) is 2. The molecule has 0 aliphatic rings. The van der Waals surface area contributed by atoms with Crippen LogP contribution in [0.1, 0.15) is 31.0 Å². The molecule has 0 spiro atoms. The molecule has 5 nitrogen and oxygen atoms in total. The lowest BCUT2D eigenvalue weighted by atomic mass is 10.1. The van der Waals surface area contributed by atoms with Crippen molar-refractivity contribution in [1.29, 1.82) is 0 Å². The van der Waals surface area contributed by atoms with E-state index in [9.17, 15) is 0 Å². The Morgan fingerprint density at radius 3 is 2.38 bits per heavy atom. The molecule has 0 bridgehead atoms. The summed E-state index contributed by atoms with van der Waals surface area (Å²) < 4.78 is 5.24. The van der Waals surface area contributed by atoms with Crippen LogP contribution in [0.2, 0.25) is 0 Å². The molecule has 0 saturated carbocycles. The van der Waals surface area contributed by atoms with Gasteiger partial charge in [0, 0.05) is 18.4 Å². The second-order valence-electron chi connectivity index (χ2n) is 6.09. The molecule has 26 heavy (non-hydrogen) atoms. The van der Waals surface area contributed by atoms with E-state index >= 15 is 0 Å². The van der Waals surface area contributed by atoms with Crippen LogP contribution in [-0.4, -0.2) is 37.6 Å². The lowest BCUT2D eigenvalue weighted by Crippen LogP contribution is -2.32. The van der Waals surface area contributed by atoms with Crippen LogP contribution in [0.15, 0.2) is 59.6 Å². The number of benzene rings is 2. The van der Waals surface area contributed by atoms with Crippen molar-refractivity contribution in [2.24, 2.45) is 10.7 Å². The topological polar surface area (TPSA) is 62.9 Å². The predicted octanol–water partition coefficient (Wildman–Crippen LogP) is 3.64. The van der Waals surface area contributed by atoms with E-state index in [4.69, 9.17) is 10.5 Å². The largest absolute Gasteiger partial charge is 0.380 e. The Hall–Kier alpha value is -2.37. The number of nitrogens with one attached hydrogen (secondary N) is 1. The summed E-state index contributed by atoms with van der Waals surface area (Å²) >= 11 is 0. The van der Waals surface area contributed by atoms with E-state index in [1.165, 1.54) is 5.56 Å². The van der Waals surface area contributed by atoms with Gasteiger partial charge in [-0.15, -0.1) is 0 Å². The summed E-state index contributed by atoms with van der Waals surface area (Å²) in [5.41, 5.74) is 9.39. The van der Waals surface area contributed by atoms with Crippen molar-refractivity contribution in [1.82, 2.24) is 4.90 Å². The van der Waals surface area contributed by atoms with Crippen LogP contribution in [0, 0.1) is 0 Å². The molecule has 2 rings (SSSR count). The van der Waals surface area contributed by atoms with Gasteiger partial charge in [0.1, 0.15) is 0 Å². The molecule has 1 atom stereocenters. The van der Waals surface area contributed by atoms with Crippen molar-refractivity contribution in [2.45, 2.75) is 26.5 Å². The van der Waals surface area contributed by atoms with Crippen molar-refractivity contribution in [2.75, 3.05) is 32.1 Å². The van der Waals surface area contributed by atoms with Crippen LogP contribution in [0.25, 0.3) is 0 Å². The molecule has 1 unspecified atom stereocenters. The van der Waals surface area contributed by atoms with E-state index in [0.717, 1.165) is 24.3 Å². The van der Waals surface area contributed by atoms with Gasteiger partial charge in [0.05, 0.1) is 19.2 Å². The normalized spacial score (nSPS) is 13.0. The molecular formula is C21H30N4O. The fraction of sp³-hybridized carbons (Fsp3) is 0.381. The van der Waals surface area contributed by atoms with Gasteiger partial charge in [0.25, 0.3) is 0 Å². The molecule has 0 aromatic heterocycles. The van der Waals surface area contributed by atoms with Crippen LogP contribution in [0.3, 0.4) is 0 Å². The van der Waals surface area contributed by atoms with E-state index < -0.39 is 0 Å². The summed E-state index contributed by atoms with van der Waals surface area (Å²) in [5.74, 6) is 0.418. The zero-order valence-electron chi connectivity index (χ0n) is 16.0. The maximum Gasteiger partial charge on any atom is 0.193 e. The molecule has 0 aliphatic carbocycles. The molecule has 2 aromatic carbocycles. The summed E-state index contributed by atoms with van der Waals surface area (Å²) in [6.07, 6.45) is 0. The number of hydrogen-bond donors (Lipinski definition) is 2. The lowest BCUT2D eigenvalue weighted by molar-refractivity contribution is 0.185. The van der Waals surface area contributed by atoms with Gasteiger partial charge in [0.2, 0.25) is 0 Å². The number of ether oxygens (including phenoxy) is 1. The number of nitrogens with two attached hydrogens (primary N) is 1. The van der Waals surface area contributed by atoms with Crippen LogP contribution in [-0.2, 0) is 11.3 Å². The molecular weight excluding hydrogens is 324 g/mol. The average Bonchev–Trinajstić information content (AvgIpc) is 2.67. The number of methoxy groups -OCH3 is 1. The molecule has 0 amide bonds. The Morgan fingerprint density at radius 1 is 1.08 bits per heavy atom. The smallest absolute Gasteiger partial charge is 0.193 e. The Morgan fingerprint density at radius 2 is 1.73 bits per heavy atom. The van der Waals surface area contributed by atoms with E-state index in [-0.39, 0.29) is 6.04 Å². The Kier molecular flexibility index (Phi) is 8.12. The lowest BCUT2D eigenvalue weighted by Gasteiger charge is -2.29. The third kappa shape index (κ3) is 5.58.